The fraction of sp³-hybridized carbons (Fsp3) is 0. The van der Waals surface area contributed by atoms with Crippen molar-refractivity contribution in [1.82, 2.24) is 0 Å². The molecule has 0 heterocycles. The van der Waals surface area contributed by atoms with Gasteiger partial charge < -0.3 is 12.9 Å². The highest BCUT2D eigenvalue weighted by molar-refractivity contribution is 7.89. The van der Waals surface area contributed by atoms with Crippen LogP contribution in [0.15, 0.2) is 23.1 Å². The highest BCUT2D eigenvalue weighted by Gasteiger charge is 2.27. The van der Waals surface area contributed by atoms with Crippen LogP contribution in [0.2, 0.25) is 0 Å². The molecule has 0 aliphatic rings. The van der Waals surface area contributed by atoms with E-state index >= 15 is 0 Å². The summed E-state index contributed by atoms with van der Waals surface area (Å²) in [4.78, 5) is -0.892. The number of primary sulfonamides is 1. The van der Waals surface area contributed by atoms with Gasteiger partial charge in [0.05, 0.1) is 4.90 Å². The monoisotopic (exact) mass is 242 g/mol. The minimum atomic E-state index is -5.46. The molecule has 1 aromatic carbocycles. The topological polar surface area (TPSA) is 60.2 Å². The molecule has 0 aromatic heterocycles. The number of hydrogen-bond donors (Lipinski definition) is 1. The summed E-state index contributed by atoms with van der Waals surface area (Å²) in [5.74, 6) is -1.30. The van der Waals surface area contributed by atoms with Gasteiger partial charge in [0.15, 0.2) is 0 Å². The zero-order valence-electron chi connectivity index (χ0n) is 7.12. The van der Waals surface area contributed by atoms with Crippen molar-refractivity contribution in [1.29, 1.82) is 0 Å². The van der Waals surface area contributed by atoms with Crippen LogP contribution in [-0.4, -0.2) is 15.4 Å². The van der Waals surface area contributed by atoms with Crippen LogP contribution >= 0.6 is 0 Å². The number of benzene rings is 1. The maximum atomic E-state index is 12.7. The Labute approximate surface area is 83.0 Å². The van der Waals surface area contributed by atoms with Gasteiger partial charge in [-0.05, 0) is 6.07 Å². The summed E-state index contributed by atoms with van der Waals surface area (Å²) in [6.45, 7) is -5.46. The summed E-state index contributed by atoms with van der Waals surface area (Å²) in [7, 11) is -4.34. The van der Waals surface area contributed by atoms with Crippen molar-refractivity contribution in [3.8, 4) is 0 Å². The van der Waals surface area contributed by atoms with E-state index in [0.717, 1.165) is 0 Å². The molecule has 0 bridgehead atoms. The van der Waals surface area contributed by atoms with Crippen LogP contribution in [-0.2, 0) is 10.0 Å². The predicted molar refractivity (Wildman–Crippen MR) is 46.5 cm³/mol. The molecule has 0 fully saturated rings. The molecule has 0 saturated heterocycles. The molecule has 0 aliphatic carbocycles. The Morgan fingerprint density at radius 2 is 1.67 bits per heavy atom. The van der Waals surface area contributed by atoms with Crippen LogP contribution in [0.5, 0.6) is 0 Å². The molecule has 9 heteroatoms. The zero-order valence-corrected chi connectivity index (χ0v) is 7.94. The summed E-state index contributed by atoms with van der Waals surface area (Å²) in [5, 5.41) is 4.58. The Morgan fingerprint density at radius 1 is 1.13 bits per heavy atom. The van der Waals surface area contributed by atoms with E-state index in [1.807, 2.05) is 0 Å². The van der Waals surface area contributed by atoms with Gasteiger partial charge in [-0.15, -0.1) is 5.46 Å². The standard InChI is InChI=1S/C6H5BF4NO2S/c8-5-1-4(7(9,10)11)2-6(3-5)15(12,13)14/h1-3H,(H2,12,13,14)/q-1. The van der Waals surface area contributed by atoms with Crippen LogP contribution in [0.25, 0.3) is 0 Å². The molecular weight excluding hydrogens is 237 g/mol. The van der Waals surface area contributed by atoms with Gasteiger partial charge in [0, 0.05) is 0 Å². The first kappa shape index (κ1) is 12.0. The lowest BCUT2D eigenvalue weighted by molar-refractivity contribution is 0.499. The second kappa shape index (κ2) is 3.49. The van der Waals surface area contributed by atoms with Crippen molar-refractivity contribution in [2.75, 3.05) is 0 Å². The van der Waals surface area contributed by atoms with Crippen LogP contribution < -0.4 is 10.6 Å². The summed E-state index contributed by atoms with van der Waals surface area (Å²) in [6, 6.07) is 0.952. The summed E-state index contributed by atoms with van der Waals surface area (Å²) in [5.41, 5.74) is -1.33. The highest BCUT2D eigenvalue weighted by atomic mass is 32.2. The van der Waals surface area contributed by atoms with Crippen LogP contribution in [0.1, 0.15) is 0 Å². The average molecular weight is 242 g/mol. The molecule has 84 valence electrons. The Bertz CT molecular complexity index is 484. The number of rotatable bonds is 2. The maximum Gasteiger partial charge on any atom is 0.509 e. The van der Waals surface area contributed by atoms with Crippen LogP contribution in [0.3, 0.4) is 0 Å². The first-order valence-electron chi connectivity index (χ1n) is 3.64. The molecule has 0 atom stereocenters. The molecule has 2 N–H and O–H groups in total. The largest absolute Gasteiger partial charge is 0.509 e. The van der Waals surface area contributed by atoms with Crippen molar-refractivity contribution in [3.05, 3.63) is 24.0 Å². The molecule has 1 rings (SSSR count). The molecule has 0 radical (unpaired) electrons. The molecule has 0 amide bonds. The van der Waals surface area contributed by atoms with Gasteiger partial charge >= 0.3 is 6.98 Å². The van der Waals surface area contributed by atoms with Crippen LogP contribution in [0, 0.1) is 5.82 Å². The molecule has 3 nitrogen and oxygen atoms in total. The predicted octanol–water partition coefficient (Wildman–Crippen LogP) is 0.528. The molecule has 0 aliphatic heterocycles. The Balaban J connectivity index is 3.43. The second-order valence-electron chi connectivity index (χ2n) is 2.84. The average Bonchev–Trinajstić information content (AvgIpc) is 1.99. The fourth-order valence-electron chi connectivity index (χ4n) is 0.938. The Kier molecular flexibility index (Phi) is 2.79. The van der Waals surface area contributed by atoms with Gasteiger partial charge in [0.2, 0.25) is 10.0 Å². The van der Waals surface area contributed by atoms with Gasteiger partial charge in [-0.3, -0.25) is 0 Å². The lowest BCUT2D eigenvalue weighted by Gasteiger charge is -2.15. The minimum absolute atomic E-state index is 0.217. The van der Waals surface area contributed by atoms with Gasteiger partial charge in [-0.1, -0.05) is 12.1 Å². The van der Waals surface area contributed by atoms with Gasteiger partial charge in [-0.25, -0.2) is 17.9 Å². The summed E-state index contributed by atoms with van der Waals surface area (Å²) in [6.07, 6.45) is 0. The number of halogens is 4. The maximum absolute atomic E-state index is 12.7. The smallest absolute Gasteiger partial charge is 0.445 e. The molecule has 15 heavy (non-hydrogen) atoms. The van der Waals surface area contributed by atoms with Gasteiger partial charge in [0.25, 0.3) is 0 Å². The van der Waals surface area contributed by atoms with E-state index in [9.17, 15) is 25.8 Å². The van der Waals surface area contributed by atoms with Gasteiger partial charge in [-0.2, -0.15) is 0 Å². The van der Waals surface area contributed by atoms with E-state index in [-0.39, 0.29) is 6.07 Å². The summed E-state index contributed by atoms with van der Waals surface area (Å²) < 4.78 is 70.7. The van der Waals surface area contributed by atoms with E-state index in [0.29, 0.717) is 12.1 Å². The SMILES string of the molecule is NS(=O)(=O)c1cc(F)cc([B-](F)(F)F)c1. The number of sulfonamides is 1. The molecular formula is C6H5BF4NO2S-. The summed E-state index contributed by atoms with van der Waals surface area (Å²) >= 11 is 0. The first-order chi connectivity index (χ1) is 6.60. The second-order valence-corrected chi connectivity index (χ2v) is 4.40. The zero-order chi connectivity index (χ0) is 11.9. The van der Waals surface area contributed by atoms with E-state index in [1.165, 1.54) is 0 Å². The lowest BCUT2D eigenvalue weighted by atomic mass is 9.80. The third-order valence-electron chi connectivity index (χ3n) is 1.60. The Morgan fingerprint density at radius 3 is 2.07 bits per heavy atom. The molecule has 0 unspecified atom stereocenters. The third-order valence-corrected chi connectivity index (χ3v) is 2.49. The van der Waals surface area contributed by atoms with E-state index < -0.39 is 33.2 Å². The van der Waals surface area contributed by atoms with Crippen molar-refractivity contribution >= 4 is 22.5 Å². The Hall–Kier alpha value is -1.09. The van der Waals surface area contributed by atoms with Crippen LogP contribution in [0.4, 0.5) is 17.3 Å². The van der Waals surface area contributed by atoms with E-state index in [1.54, 1.807) is 0 Å². The minimum Gasteiger partial charge on any atom is -0.445 e. The molecule has 0 saturated carbocycles. The van der Waals surface area contributed by atoms with Gasteiger partial charge in [0.1, 0.15) is 5.82 Å². The van der Waals surface area contributed by atoms with Crippen molar-refractivity contribution in [2.45, 2.75) is 4.90 Å². The quantitative estimate of drug-likeness (QED) is 0.607. The number of hydrogen-bond acceptors (Lipinski definition) is 2. The lowest BCUT2D eigenvalue weighted by Crippen LogP contribution is -2.35. The third kappa shape index (κ3) is 2.93. The van der Waals surface area contributed by atoms with Crippen molar-refractivity contribution in [3.63, 3.8) is 0 Å². The molecule has 1 aromatic rings. The highest BCUT2D eigenvalue weighted by Crippen LogP contribution is 2.14. The normalized spacial score (nSPS) is 12.9. The number of nitrogens with two attached hydrogens (primary N) is 1. The van der Waals surface area contributed by atoms with Crippen molar-refractivity contribution < 1.29 is 25.8 Å². The fourth-order valence-corrected chi connectivity index (χ4v) is 1.51. The first-order valence-corrected chi connectivity index (χ1v) is 5.18. The van der Waals surface area contributed by atoms with Crippen molar-refractivity contribution in [2.24, 2.45) is 5.14 Å². The van der Waals surface area contributed by atoms with E-state index in [4.69, 9.17) is 0 Å². The molecule has 0 spiro atoms. The van der Waals surface area contributed by atoms with E-state index in [2.05, 4.69) is 5.14 Å².